The van der Waals surface area contributed by atoms with Crippen molar-refractivity contribution >= 4 is 16.9 Å². The summed E-state index contributed by atoms with van der Waals surface area (Å²) in [6.07, 6.45) is 3.84. The molecule has 2 aliphatic heterocycles. The van der Waals surface area contributed by atoms with Gasteiger partial charge in [-0.3, -0.25) is 9.69 Å². The molecule has 2 aromatic rings. The van der Waals surface area contributed by atoms with Crippen molar-refractivity contribution in [2.45, 2.75) is 38.3 Å². The van der Waals surface area contributed by atoms with Gasteiger partial charge in [-0.15, -0.1) is 0 Å². The number of hydrogen-bond donors (Lipinski definition) is 1. The van der Waals surface area contributed by atoms with Gasteiger partial charge in [-0.25, -0.2) is 0 Å². The lowest BCUT2D eigenvalue weighted by atomic mass is 10.0. The highest BCUT2D eigenvalue weighted by Gasteiger charge is 2.30. The predicted octanol–water partition coefficient (Wildman–Crippen LogP) is 2.73. The average Bonchev–Trinajstić information content (AvgIpc) is 3.13. The molecule has 5 heteroatoms. The third-order valence-corrected chi connectivity index (χ3v) is 5.04. The van der Waals surface area contributed by atoms with E-state index in [1.807, 2.05) is 6.07 Å². The molecule has 2 saturated heterocycles. The molecule has 0 atom stereocenters. The number of carbonyl (C=O) groups excluding carboxylic acids is 1. The lowest BCUT2D eigenvalue weighted by molar-refractivity contribution is -0.130. The first-order valence-corrected chi connectivity index (χ1v) is 8.42. The summed E-state index contributed by atoms with van der Waals surface area (Å²) in [6.45, 7) is 3.72. The predicted molar refractivity (Wildman–Crippen MR) is 87.1 cm³/mol. The lowest BCUT2D eigenvalue weighted by Gasteiger charge is -2.36. The maximum absolute atomic E-state index is 11.8. The van der Waals surface area contributed by atoms with Crippen LogP contribution in [0.1, 0.15) is 31.4 Å². The first kappa shape index (κ1) is 14.6. The van der Waals surface area contributed by atoms with Crippen LogP contribution in [0.15, 0.2) is 28.7 Å². The Morgan fingerprint density at radius 1 is 1.17 bits per heavy atom. The molecular weight excluding hydrogens is 292 g/mol. The van der Waals surface area contributed by atoms with Gasteiger partial charge in [0.15, 0.2) is 0 Å². The molecule has 0 aliphatic carbocycles. The number of rotatable bonds is 3. The number of aromatic hydroxyl groups is 1. The van der Waals surface area contributed by atoms with Crippen molar-refractivity contribution in [1.82, 2.24) is 9.80 Å². The summed E-state index contributed by atoms with van der Waals surface area (Å²) in [5.74, 6) is 1.53. The summed E-state index contributed by atoms with van der Waals surface area (Å²) in [5, 5.41) is 10.5. The molecule has 1 aromatic carbocycles. The summed E-state index contributed by atoms with van der Waals surface area (Å²) in [5.41, 5.74) is 0.815. The van der Waals surface area contributed by atoms with Crippen molar-refractivity contribution in [2.75, 3.05) is 19.6 Å². The van der Waals surface area contributed by atoms with Gasteiger partial charge in [-0.2, -0.15) is 0 Å². The number of benzene rings is 1. The molecule has 122 valence electrons. The van der Waals surface area contributed by atoms with Gasteiger partial charge in [-0.1, -0.05) is 0 Å². The zero-order valence-corrected chi connectivity index (χ0v) is 13.2. The van der Waals surface area contributed by atoms with E-state index in [4.69, 9.17) is 4.42 Å². The van der Waals surface area contributed by atoms with Crippen molar-refractivity contribution < 1.29 is 14.3 Å². The van der Waals surface area contributed by atoms with Gasteiger partial charge in [0.25, 0.3) is 0 Å². The number of nitrogens with zero attached hydrogens (tertiary/aromatic N) is 2. The molecule has 23 heavy (non-hydrogen) atoms. The first-order chi connectivity index (χ1) is 11.2. The van der Waals surface area contributed by atoms with Crippen LogP contribution < -0.4 is 0 Å². The normalized spacial score (nSPS) is 20.7. The summed E-state index contributed by atoms with van der Waals surface area (Å²) >= 11 is 0. The zero-order chi connectivity index (χ0) is 15.8. The van der Waals surface area contributed by atoms with Gasteiger partial charge in [0.05, 0.1) is 6.54 Å². The summed E-state index contributed by atoms with van der Waals surface area (Å²) in [6, 6.07) is 7.61. The van der Waals surface area contributed by atoms with E-state index in [-0.39, 0.29) is 5.75 Å². The summed E-state index contributed by atoms with van der Waals surface area (Å²) in [7, 11) is 0. The van der Waals surface area contributed by atoms with Crippen molar-refractivity contribution in [1.29, 1.82) is 0 Å². The minimum absolute atomic E-state index is 0.265. The van der Waals surface area contributed by atoms with E-state index >= 15 is 0 Å². The van der Waals surface area contributed by atoms with E-state index in [0.29, 0.717) is 11.9 Å². The Kier molecular flexibility index (Phi) is 3.73. The van der Waals surface area contributed by atoms with Crippen LogP contribution in [0, 0.1) is 0 Å². The van der Waals surface area contributed by atoms with E-state index in [9.17, 15) is 9.90 Å². The molecule has 2 aliphatic rings. The first-order valence-electron chi connectivity index (χ1n) is 8.42. The fraction of sp³-hybridized carbons (Fsp3) is 0.500. The topological polar surface area (TPSA) is 56.9 Å². The van der Waals surface area contributed by atoms with Crippen LogP contribution in [-0.2, 0) is 11.3 Å². The zero-order valence-electron chi connectivity index (χ0n) is 13.2. The fourth-order valence-electron chi connectivity index (χ4n) is 3.83. The number of furan rings is 1. The minimum Gasteiger partial charge on any atom is -0.508 e. The van der Waals surface area contributed by atoms with Gasteiger partial charge < -0.3 is 14.4 Å². The van der Waals surface area contributed by atoms with Crippen molar-refractivity contribution in [3.63, 3.8) is 0 Å². The Labute approximate surface area is 135 Å². The molecule has 4 rings (SSSR count). The van der Waals surface area contributed by atoms with E-state index in [2.05, 4.69) is 9.80 Å². The van der Waals surface area contributed by atoms with Crippen LogP contribution in [-0.4, -0.2) is 46.5 Å². The SMILES string of the molecule is O=C1CCCN1C1CCN(Cc2cc3cc(O)ccc3o2)CC1. The molecule has 0 bridgehead atoms. The highest BCUT2D eigenvalue weighted by Crippen LogP contribution is 2.26. The number of amides is 1. The molecule has 0 spiro atoms. The van der Waals surface area contributed by atoms with Crippen LogP contribution in [0.4, 0.5) is 0 Å². The van der Waals surface area contributed by atoms with Crippen LogP contribution >= 0.6 is 0 Å². The molecule has 3 heterocycles. The quantitative estimate of drug-likeness (QED) is 0.946. The number of piperidine rings is 1. The smallest absolute Gasteiger partial charge is 0.222 e. The van der Waals surface area contributed by atoms with E-state index in [1.54, 1.807) is 18.2 Å². The van der Waals surface area contributed by atoms with Crippen molar-refractivity contribution in [3.05, 3.63) is 30.0 Å². The van der Waals surface area contributed by atoms with Gasteiger partial charge in [0.1, 0.15) is 17.1 Å². The Bertz CT molecular complexity index is 716. The number of carbonyl (C=O) groups is 1. The molecular formula is C18H22N2O3. The third kappa shape index (κ3) is 2.93. The Balaban J connectivity index is 1.37. The van der Waals surface area contributed by atoms with Gasteiger partial charge in [-0.05, 0) is 43.5 Å². The van der Waals surface area contributed by atoms with Gasteiger partial charge in [0.2, 0.25) is 5.91 Å². The largest absolute Gasteiger partial charge is 0.508 e. The van der Waals surface area contributed by atoms with Crippen LogP contribution in [0.2, 0.25) is 0 Å². The maximum atomic E-state index is 11.8. The standard InChI is InChI=1S/C18H22N2O3/c21-15-3-4-17-13(10-15)11-16(23-17)12-19-8-5-14(6-9-19)20-7-1-2-18(20)22/h3-4,10-11,14,21H,1-2,5-9,12H2. The Morgan fingerprint density at radius 3 is 2.74 bits per heavy atom. The summed E-state index contributed by atoms with van der Waals surface area (Å²) < 4.78 is 5.85. The minimum atomic E-state index is 0.265. The molecule has 0 saturated carbocycles. The highest BCUT2D eigenvalue weighted by molar-refractivity contribution is 5.79. The molecule has 1 aromatic heterocycles. The van der Waals surface area contributed by atoms with Crippen molar-refractivity contribution in [2.24, 2.45) is 0 Å². The van der Waals surface area contributed by atoms with Gasteiger partial charge in [0, 0.05) is 37.5 Å². The van der Waals surface area contributed by atoms with Crippen molar-refractivity contribution in [3.8, 4) is 5.75 Å². The van der Waals surface area contributed by atoms with E-state index in [1.165, 1.54) is 0 Å². The van der Waals surface area contributed by atoms with E-state index in [0.717, 1.165) is 68.6 Å². The second-order valence-corrected chi connectivity index (χ2v) is 6.63. The Morgan fingerprint density at radius 2 is 2.00 bits per heavy atom. The molecule has 5 nitrogen and oxygen atoms in total. The maximum Gasteiger partial charge on any atom is 0.222 e. The second kappa shape index (κ2) is 5.89. The summed E-state index contributed by atoms with van der Waals surface area (Å²) in [4.78, 5) is 16.3. The third-order valence-electron chi connectivity index (χ3n) is 5.04. The number of fused-ring (bicyclic) bond motifs is 1. The van der Waals surface area contributed by atoms with E-state index < -0.39 is 0 Å². The molecule has 2 fully saturated rings. The van der Waals surface area contributed by atoms with Crippen LogP contribution in [0.5, 0.6) is 5.75 Å². The number of phenols is 1. The molecule has 1 N–H and O–H groups in total. The average molecular weight is 314 g/mol. The molecule has 0 unspecified atom stereocenters. The number of likely N-dealkylation sites (tertiary alicyclic amines) is 2. The number of phenolic OH excluding ortho intramolecular Hbond substituents is 1. The fourth-order valence-corrected chi connectivity index (χ4v) is 3.83. The molecule has 0 radical (unpaired) electrons. The van der Waals surface area contributed by atoms with Gasteiger partial charge >= 0.3 is 0 Å². The molecule has 1 amide bonds. The van der Waals surface area contributed by atoms with Crippen LogP contribution in [0.3, 0.4) is 0 Å². The lowest BCUT2D eigenvalue weighted by Crippen LogP contribution is -2.45. The van der Waals surface area contributed by atoms with Crippen LogP contribution in [0.25, 0.3) is 11.0 Å². The highest BCUT2D eigenvalue weighted by atomic mass is 16.3. The number of hydrogen-bond acceptors (Lipinski definition) is 4. The Hall–Kier alpha value is -2.01. The monoisotopic (exact) mass is 314 g/mol. The second-order valence-electron chi connectivity index (χ2n) is 6.63.